The quantitative estimate of drug-likeness (QED) is 0.187. The van der Waals surface area contributed by atoms with E-state index in [9.17, 15) is 28.7 Å². The molecule has 1 fully saturated rings. The molecule has 236 valence electrons. The molecule has 0 unspecified atom stereocenters. The number of hydrogen-bond acceptors (Lipinski definition) is 8. The van der Waals surface area contributed by atoms with Crippen LogP contribution in [0.2, 0.25) is 10.0 Å². The summed E-state index contributed by atoms with van der Waals surface area (Å²) in [6.45, 7) is 3.51. The number of rotatable bonds is 7. The Balaban J connectivity index is 1.34. The van der Waals surface area contributed by atoms with Crippen molar-refractivity contribution < 1.29 is 23.4 Å². The molecule has 0 aliphatic carbocycles. The van der Waals surface area contributed by atoms with Gasteiger partial charge in [0, 0.05) is 53.2 Å². The first-order chi connectivity index (χ1) is 21.9. The second kappa shape index (κ2) is 12.1. The summed E-state index contributed by atoms with van der Waals surface area (Å²) < 4.78 is 36.0. The number of aromatic carboxylic acids is 1. The molecule has 4 heterocycles. The minimum Gasteiger partial charge on any atom is -0.491 e. The molecule has 0 radical (unpaired) electrons. The van der Waals surface area contributed by atoms with Gasteiger partial charge >= 0.3 is 5.97 Å². The zero-order chi connectivity index (χ0) is 32.9. The number of hydrogen-bond donors (Lipinski definition) is 1. The first-order valence-corrected chi connectivity index (χ1v) is 15.8. The number of nitrogens with zero attached hydrogens (tertiary/aromatic N) is 5. The molecule has 0 saturated carbocycles. The van der Waals surface area contributed by atoms with Crippen LogP contribution < -0.4 is 15.2 Å². The fourth-order valence-electron chi connectivity index (χ4n) is 5.76. The number of benzene rings is 2. The van der Waals surface area contributed by atoms with Crippen LogP contribution in [-0.2, 0) is 6.54 Å². The molecule has 1 aliphatic rings. The molecule has 1 saturated heterocycles. The van der Waals surface area contributed by atoms with Gasteiger partial charge in [0.2, 0.25) is 0 Å². The Morgan fingerprint density at radius 1 is 1.15 bits per heavy atom. The predicted molar refractivity (Wildman–Crippen MR) is 174 cm³/mol. The molecule has 0 spiro atoms. The van der Waals surface area contributed by atoms with Crippen LogP contribution in [0.25, 0.3) is 32.2 Å². The molecule has 0 bridgehead atoms. The summed E-state index contributed by atoms with van der Waals surface area (Å²) in [5.74, 6) is -3.05. The molecule has 1 aliphatic heterocycles. The van der Waals surface area contributed by atoms with Crippen molar-refractivity contribution in [3.8, 4) is 22.9 Å². The largest absolute Gasteiger partial charge is 0.491 e. The molecule has 2 aromatic carbocycles. The number of aromatic nitrogens is 3. The highest BCUT2D eigenvalue weighted by molar-refractivity contribution is 7.18. The summed E-state index contributed by atoms with van der Waals surface area (Å²) in [6.07, 6.45) is -0.769. The monoisotopic (exact) mass is 683 g/mol. The number of ether oxygens (including phenoxy) is 1. The Morgan fingerprint density at radius 3 is 2.59 bits per heavy atom. The summed E-state index contributed by atoms with van der Waals surface area (Å²) >= 11 is 14.2. The van der Waals surface area contributed by atoms with Crippen molar-refractivity contribution in [2.24, 2.45) is 0 Å². The van der Waals surface area contributed by atoms with Crippen LogP contribution in [0.5, 0.6) is 5.75 Å². The first kappa shape index (κ1) is 31.7. The van der Waals surface area contributed by atoms with Crippen LogP contribution in [-0.4, -0.2) is 51.2 Å². The lowest BCUT2D eigenvalue weighted by molar-refractivity contribution is -0.0220. The van der Waals surface area contributed by atoms with Gasteiger partial charge in [0.15, 0.2) is 0 Å². The number of pyridine rings is 1. The number of nitriles is 1. The molecular formula is C32H25Cl2F2N5O4S. The number of carboxylic acid groups (broad SMARTS) is 1. The van der Waals surface area contributed by atoms with E-state index in [-0.39, 0.29) is 71.8 Å². The molecule has 46 heavy (non-hydrogen) atoms. The second-order valence-electron chi connectivity index (χ2n) is 11.0. The Morgan fingerprint density at radius 2 is 1.89 bits per heavy atom. The van der Waals surface area contributed by atoms with Crippen LogP contribution in [0.3, 0.4) is 0 Å². The number of carboxylic acids is 1. The van der Waals surface area contributed by atoms with Gasteiger partial charge in [-0.2, -0.15) is 5.26 Å². The highest BCUT2D eigenvalue weighted by Crippen LogP contribution is 2.41. The standard InChI is InChI=1S/C32H25Cl2F2N5O4S/c1-16-11-20(29-27(38-16)22(15-46-29)31(43)44)19-12-18(33)3-4-25(19)45-10-9-41-17(2)39-24-13-23(34)28(21(14-37)26(24)30(41)42)40-7-5-32(35,36)6-8-40/h3-4,11-13,15H,5-10H2,1-2H3,(H,43,44). The fraction of sp³-hybridized carbons (Fsp3) is 0.281. The molecule has 5 aromatic rings. The van der Waals surface area contributed by atoms with E-state index in [1.54, 1.807) is 42.3 Å². The van der Waals surface area contributed by atoms with Crippen molar-refractivity contribution in [2.75, 3.05) is 24.6 Å². The van der Waals surface area contributed by atoms with Crippen LogP contribution >= 0.6 is 34.5 Å². The highest BCUT2D eigenvalue weighted by Gasteiger charge is 2.36. The van der Waals surface area contributed by atoms with Crippen molar-refractivity contribution in [3.63, 3.8) is 0 Å². The third-order valence-electron chi connectivity index (χ3n) is 7.97. The lowest BCUT2D eigenvalue weighted by Gasteiger charge is -2.34. The van der Waals surface area contributed by atoms with Crippen LogP contribution in [0, 0.1) is 25.2 Å². The van der Waals surface area contributed by atoms with E-state index in [0.29, 0.717) is 43.6 Å². The van der Waals surface area contributed by atoms with E-state index >= 15 is 0 Å². The van der Waals surface area contributed by atoms with E-state index in [0.717, 1.165) is 0 Å². The number of thiophene rings is 1. The zero-order valence-electron chi connectivity index (χ0n) is 24.5. The van der Waals surface area contributed by atoms with E-state index in [1.165, 1.54) is 22.0 Å². The molecule has 0 amide bonds. The Hall–Kier alpha value is -4.31. The Labute approximate surface area is 275 Å². The van der Waals surface area contributed by atoms with Gasteiger partial charge < -0.3 is 14.7 Å². The summed E-state index contributed by atoms with van der Waals surface area (Å²) in [4.78, 5) is 36.3. The van der Waals surface area contributed by atoms with Crippen molar-refractivity contribution in [3.05, 3.63) is 78.8 Å². The number of halogens is 4. The van der Waals surface area contributed by atoms with Gasteiger partial charge in [0.05, 0.1) is 49.5 Å². The smallest absolute Gasteiger partial charge is 0.338 e. The van der Waals surface area contributed by atoms with Gasteiger partial charge in [-0.1, -0.05) is 23.2 Å². The SMILES string of the molecule is Cc1cc(-c2cc(Cl)ccc2OCCn2c(C)nc3cc(Cl)c(N4CCC(F)(F)CC4)c(C#N)c3c2=O)c2scc(C(=O)O)c2n1. The number of fused-ring (bicyclic) bond motifs is 2. The van der Waals surface area contributed by atoms with E-state index in [2.05, 4.69) is 16.0 Å². The normalized spacial score (nSPS) is 14.5. The number of aryl methyl sites for hydroxylation is 2. The third kappa shape index (κ3) is 5.75. The second-order valence-corrected chi connectivity index (χ2v) is 12.7. The zero-order valence-corrected chi connectivity index (χ0v) is 26.9. The van der Waals surface area contributed by atoms with Crippen LogP contribution in [0.15, 0.2) is 40.5 Å². The predicted octanol–water partition coefficient (Wildman–Crippen LogP) is 7.48. The average molecular weight is 685 g/mol. The van der Waals surface area contributed by atoms with Crippen LogP contribution in [0.1, 0.15) is 40.3 Å². The van der Waals surface area contributed by atoms with Gasteiger partial charge in [-0.15, -0.1) is 11.3 Å². The van der Waals surface area contributed by atoms with Gasteiger partial charge in [-0.3, -0.25) is 14.3 Å². The lowest BCUT2D eigenvalue weighted by Crippen LogP contribution is -2.40. The fourth-order valence-corrected chi connectivity index (χ4v) is 7.26. The molecule has 9 nitrogen and oxygen atoms in total. The molecular weight excluding hydrogens is 659 g/mol. The number of alkyl halides is 2. The van der Waals surface area contributed by atoms with E-state index in [4.69, 9.17) is 27.9 Å². The summed E-state index contributed by atoms with van der Waals surface area (Å²) in [6, 6.07) is 10.5. The first-order valence-electron chi connectivity index (χ1n) is 14.2. The molecule has 6 rings (SSSR count). The van der Waals surface area contributed by atoms with Gasteiger partial charge in [-0.05, 0) is 44.2 Å². The minimum atomic E-state index is -2.80. The number of carbonyl (C=O) groups is 1. The maximum Gasteiger partial charge on any atom is 0.338 e. The van der Waals surface area contributed by atoms with Crippen molar-refractivity contribution in [1.82, 2.24) is 14.5 Å². The summed E-state index contributed by atoms with van der Waals surface area (Å²) in [5, 5.41) is 22.0. The summed E-state index contributed by atoms with van der Waals surface area (Å²) in [5.41, 5.74) is 2.42. The van der Waals surface area contributed by atoms with E-state index in [1.807, 2.05) is 6.07 Å². The van der Waals surface area contributed by atoms with E-state index < -0.39 is 17.5 Å². The molecule has 14 heteroatoms. The van der Waals surface area contributed by atoms with Gasteiger partial charge in [0.25, 0.3) is 11.5 Å². The third-order valence-corrected chi connectivity index (χ3v) is 9.50. The Bertz CT molecular complexity index is 2150. The van der Waals surface area contributed by atoms with Crippen LogP contribution in [0.4, 0.5) is 14.5 Å². The Kier molecular flexibility index (Phi) is 8.35. The van der Waals surface area contributed by atoms with Crippen molar-refractivity contribution >= 4 is 67.3 Å². The topological polar surface area (TPSA) is 121 Å². The highest BCUT2D eigenvalue weighted by atomic mass is 35.5. The minimum absolute atomic E-state index is 0.00590. The maximum absolute atomic E-state index is 13.9. The van der Waals surface area contributed by atoms with Gasteiger partial charge in [-0.25, -0.2) is 18.6 Å². The number of piperidine rings is 1. The van der Waals surface area contributed by atoms with Gasteiger partial charge in [0.1, 0.15) is 24.3 Å². The molecule has 1 N–H and O–H groups in total. The summed E-state index contributed by atoms with van der Waals surface area (Å²) in [7, 11) is 0. The number of anilines is 1. The maximum atomic E-state index is 13.9. The van der Waals surface area contributed by atoms with Crippen molar-refractivity contribution in [1.29, 1.82) is 5.26 Å². The lowest BCUT2D eigenvalue weighted by atomic mass is 10.0. The molecule has 0 atom stereocenters. The average Bonchev–Trinajstić information content (AvgIpc) is 3.43. The molecule has 3 aromatic heterocycles. The van der Waals surface area contributed by atoms with Crippen molar-refractivity contribution in [2.45, 2.75) is 39.2 Å².